The van der Waals surface area contributed by atoms with Crippen molar-refractivity contribution in [2.75, 3.05) is 18.9 Å². The Bertz CT molecular complexity index is 790. The molecule has 0 aliphatic rings. The molecule has 0 saturated heterocycles. The molecule has 0 spiro atoms. The van der Waals surface area contributed by atoms with Crippen molar-refractivity contribution in [3.8, 4) is 5.75 Å². The van der Waals surface area contributed by atoms with Crippen molar-refractivity contribution in [1.29, 1.82) is 0 Å². The van der Waals surface area contributed by atoms with E-state index in [9.17, 15) is 14.0 Å². The number of carbonyl (C=O) groups excluding carboxylic acids is 2. The second-order valence-electron chi connectivity index (χ2n) is 6.27. The van der Waals surface area contributed by atoms with Gasteiger partial charge in [0.15, 0.2) is 6.10 Å². The van der Waals surface area contributed by atoms with E-state index in [1.807, 2.05) is 32.0 Å². The third-order valence-corrected chi connectivity index (χ3v) is 3.90. The zero-order valence-electron chi connectivity index (χ0n) is 15.4. The van der Waals surface area contributed by atoms with Gasteiger partial charge in [0.1, 0.15) is 11.6 Å². The summed E-state index contributed by atoms with van der Waals surface area (Å²) in [7, 11) is 1.54. The van der Waals surface area contributed by atoms with E-state index >= 15 is 0 Å². The molecule has 0 aromatic heterocycles. The molecule has 0 aliphatic carbocycles. The Kier molecular flexibility index (Phi) is 6.33. The Labute approximate surface area is 152 Å². The van der Waals surface area contributed by atoms with Crippen molar-refractivity contribution in [1.82, 2.24) is 4.90 Å². The van der Waals surface area contributed by atoms with Gasteiger partial charge in [-0.1, -0.05) is 12.1 Å². The second-order valence-corrected chi connectivity index (χ2v) is 6.27. The fraction of sp³-hybridized carbons (Fsp3) is 0.300. The fourth-order valence-corrected chi connectivity index (χ4v) is 2.43. The highest BCUT2D eigenvalue weighted by molar-refractivity contribution is 5.95. The van der Waals surface area contributed by atoms with Crippen LogP contribution in [0.3, 0.4) is 0 Å². The normalized spacial score (nSPS) is 11.6. The number of amides is 2. The Hall–Kier alpha value is -2.89. The molecule has 1 atom stereocenters. The predicted molar refractivity (Wildman–Crippen MR) is 98.7 cm³/mol. The van der Waals surface area contributed by atoms with Crippen LogP contribution in [-0.4, -0.2) is 36.4 Å². The van der Waals surface area contributed by atoms with Gasteiger partial charge < -0.3 is 15.0 Å². The molecule has 26 heavy (non-hydrogen) atoms. The van der Waals surface area contributed by atoms with Crippen molar-refractivity contribution in [3.63, 3.8) is 0 Å². The van der Waals surface area contributed by atoms with Gasteiger partial charge in [-0.15, -0.1) is 0 Å². The Balaban J connectivity index is 1.91. The zero-order valence-corrected chi connectivity index (χ0v) is 15.4. The minimum Gasteiger partial charge on any atom is -0.481 e. The summed E-state index contributed by atoms with van der Waals surface area (Å²) in [4.78, 5) is 25.9. The van der Waals surface area contributed by atoms with Gasteiger partial charge >= 0.3 is 0 Å². The molecule has 2 aromatic carbocycles. The minimum atomic E-state index is -0.793. The highest BCUT2D eigenvalue weighted by atomic mass is 19.1. The van der Waals surface area contributed by atoms with Crippen LogP contribution in [0.15, 0.2) is 42.5 Å². The number of hydrogen-bond donors (Lipinski definition) is 1. The van der Waals surface area contributed by atoms with Crippen molar-refractivity contribution in [2.24, 2.45) is 0 Å². The molecule has 0 fully saturated rings. The van der Waals surface area contributed by atoms with E-state index in [1.165, 1.54) is 36.2 Å². The van der Waals surface area contributed by atoms with Crippen LogP contribution in [0.4, 0.5) is 10.1 Å². The summed E-state index contributed by atoms with van der Waals surface area (Å²) in [5.74, 6) is -0.619. The lowest BCUT2D eigenvalue weighted by Crippen LogP contribution is -2.42. The molecule has 2 rings (SSSR count). The minimum absolute atomic E-state index is 0.0939. The molecular weight excluding hydrogens is 335 g/mol. The first-order valence-corrected chi connectivity index (χ1v) is 8.30. The Morgan fingerprint density at radius 1 is 1.15 bits per heavy atom. The van der Waals surface area contributed by atoms with Crippen molar-refractivity contribution in [2.45, 2.75) is 26.9 Å². The SMILES string of the molecule is Cc1ccc(C)c(NC(=O)CN(C)C(=O)C(C)Oc2ccc(F)cc2)c1. The average molecular weight is 358 g/mol. The van der Waals surface area contributed by atoms with Crippen LogP contribution in [-0.2, 0) is 9.59 Å². The van der Waals surface area contributed by atoms with Crippen LogP contribution < -0.4 is 10.1 Å². The van der Waals surface area contributed by atoms with Crippen LogP contribution in [0.5, 0.6) is 5.75 Å². The van der Waals surface area contributed by atoms with E-state index in [2.05, 4.69) is 5.32 Å². The number of carbonyl (C=O) groups is 2. The van der Waals surface area contributed by atoms with Gasteiger partial charge in [-0.05, 0) is 62.2 Å². The fourth-order valence-electron chi connectivity index (χ4n) is 2.43. The number of nitrogens with zero attached hydrogens (tertiary/aromatic N) is 1. The van der Waals surface area contributed by atoms with Gasteiger partial charge in [-0.2, -0.15) is 0 Å². The molecule has 2 aromatic rings. The zero-order chi connectivity index (χ0) is 19.3. The van der Waals surface area contributed by atoms with Gasteiger partial charge in [-0.25, -0.2) is 4.39 Å². The standard InChI is InChI=1S/C20H23FN2O3/c1-13-5-6-14(2)18(11-13)22-19(24)12-23(4)20(25)15(3)26-17-9-7-16(21)8-10-17/h5-11,15H,12H2,1-4H3,(H,22,24). The van der Waals surface area contributed by atoms with Gasteiger partial charge in [0, 0.05) is 12.7 Å². The first-order valence-electron chi connectivity index (χ1n) is 8.30. The highest BCUT2D eigenvalue weighted by Crippen LogP contribution is 2.17. The van der Waals surface area contributed by atoms with Crippen molar-refractivity contribution >= 4 is 17.5 Å². The third-order valence-electron chi connectivity index (χ3n) is 3.90. The van der Waals surface area contributed by atoms with Gasteiger partial charge in [0.25, 0.3) is 5.91 Å². The molecule has 0 bridgehead atoms. The lowest BCUT2D eigenvalue weighted by Gasteiger charge is -2.22. The molecule has 1 unspecified atom stereocenters. The van der Waals surface area contributed by atoms with Crippen LogP contribution in [0, 0.1) is 19.7 Å². The smallest absolute Gasteiger partial charge is 0.263 e. The molecule has 0 heterocycles. The molecular formula is C20H23FN2O3. The lowest BCUT2D eigenvalue weighted by molar-refractivity contribution is -0.139. The Morgan fingerprint density at radius 3 is 2.46 bits per heavy atom. The first kappa shape index (κ1) is 19.4. The lowest BCUT2D eigenvalue weighted by atomic mass is 10.1. The number of halogens is 1. The maximum Gasteiger partial charge on any atom is 0.263 e. The third kappa shape index (κ3) is 5.31. The summed E-state index contributed by atoms with van der Waals surface area (Å²) in [6.45, 7) is 5.34. The molecule has 138 valence electrons. The molecule has 1 N–H and O–H groups in total. The summed E-state index contributed by atoms with van der Waals surface area (Å²) in [6, 6.07) is 11.2. The molecule has 6 heteroatoms. The van der Waals surface area contributed by atoms with Gasteiger partial charge in [-0.3, -0.25) is 9.59 Å². The van der Waals surface area contributed by atoms with Gasteiger partial charge in [0.05, 0.1) is 6.54 Å². The monoisotopic (exact) mass is 358 g/mol. The van der Waals surface area contributed by atoms with Crippen LogP contribution in [0.2, 0.25) is 0 Å². The molecule has 0 radical (unpaired) electrons. The second kappa shape index (κ2) is 8.47. The van der Waals surface area contributed by atoms with Crippen LogP contribution in [0.25, 0.3) is 0 Å². The largest absolute Gasteiger partial charge is 0.481 e. The first-order chi connectivity index (χ1) is 12.3. The van der Waals surface area contributed by atoms with E-state index in [0.717, 1.165) is 16.8 Å². The number of likely N-dealkylation sites (N-methyl/N-ethyl adjacent to an activating group) is 1. The van der Waals surface area contributed by atoms with Gasteiger partial charge in [0.2, 0.25) is 5.91 Å². The molecule has 2 amide bonds. The van der Waals surface area contributed by atoms with E-state index < -0.39 is 6.10 Å². The molecule has 5 nitrogen and oxygen atoms in total. The highest BCUT2D eigenvalue weighted by Gasteiger charge is 2.21. The molecule has 0 saturated carbocycles. The van der Waals surface area contributed by atoms with E-state index in [-0.39, 0.29) is 24.2 Å². The number of ether oxygens (including phenoxy) is 1. The average Bonchev–Trinajstić information content (AvgIpc) is 2.59. The number of benzene rings is 2. The number of nitrogens with one attached hydrogen (secondary N) is 1. The number of aryl methyl sites for hydroxylation is 2. The molecule has 0 aliphatic heterocycles. The number of anilines is 1. The summed E-state index contributed by atoms with van der Waals surface area (Å²) in [6.07, 6.45) is -0.793. The summed E-state index contributed by atoms with van der Waals surface area (Å²) < 4.78 is 18.4. The maximum atomic E-state index is 12.9. The Morgan fingerprint density at radius 2 is 1.81 bits per heavy atom. The van der Waals surface area contributed by atoms with Crippen LogP contribution >= 0.6 is 0 Å². The van der Waals surface area contributed by atoms with E-state index in [1.54, 1.807) is 6.92 Å². The maximum absolute atomic E-state index is 12.9. The number of rotatable bonds is 6. The predicted octanol–water partition coefficient (Wildman–Crippen LogP) is 3.31. The quantitative estimate of drug-likeness (QED) is 0.862. The topological polar surface area (TPSA) is 58.6 Å². The van der Waals surface area contributed by atoms with Crippen molar-refractivity contribution < 1.29 is 18.7 Å². The summed E-state index contributed by atoms with van der Waals surface area (Å²) in [5.41, 5.74) is 2.72. The van der Waals surface area contributed by atoms with E-state index in [4.69, 9.17) is 4.74 Å². The van der Waals surface area contributed by atoms with E-state index in [0.29, 0.717) is 5.75 Å². The van der Waals surface area contributed by atoms with Crippen LogP contribution in [0.1, 0.15) is 18.1 Å². The summed E-state index contributed by atoms with van der Waals surface area (Å²) >= 11 is 0. The van der Waals surface area contributed by atoms with Crippen molar-refractivity contribution in [3.05, 3.63) is 59.4 Å². The summed E-state index contributed by atoms with van der Waals surface area (Å²) in [5, 5.41) is 2.82. The number of hydrogen-bond acceptors (Lipinski definition) is 3.